The van der Waals surface area contributed by atoms with E-state index in [1.807, 2.05) is 18.2 Å². The molecule has 20 heavy (non-hydrogen) atoms. The van der Waals surface area contributed by atoms with Gasteiger partial charge in [0.15, 0.2) is 0 Å². The second kappa shape index (κ2) is 7.52. The van der Waals surface area contributed by atoms with Crippen LogP contribution in [0.1, 0.15) is 32.9 Å². The number of nitrogens with zero attached hydrogens (tertiary/aromatic N) is 1. The maximum absolute atomic E-state index is 11.9. The van der Waals surface area contributed by atoms with Crippen LogP contribution in [0.4, 0.5) is 0 Å². The van der Waals surface area contributed by atoms with Gasteiger partial charge in [0.25, 0.3) is 0 Å². The fourth-order valence-corrected chi connectivity index (χ4v) is 4.24. The van der Waals surface area contributed by atoms with Crippen molar-refractivity contribution in [3.05, 3.63) is 30.1 Å². The van der Waals surface area contributed by atoms with Gasteiger partial charge in [0.1, 0.15) is 0 Å². The molecule has 0 spiro atoms. The first kappa shape index (κ1) is 17.6. The third-order valence-electron chi connectivity index (χ3n) is 2.71. The van der Waals surface area contributed by atoms with Crippen molar-refractivity contribution < 1.29 is 8.42 Å². The van der Waals surface area contributed by atoms with Crippen LogP contribution in [0.15, 0.2) is 24.4 Å². The van der Waals surface area contributed by atoms with Gasteiger partial charge < -0.3 is 0 Å². The molecule has 6 heteroatoms. The summed E-state index contributed by atoms with van der Waals surface area (Å²) in [6.45, 7) is 6.83. The van der Waals surface area contributed by atoms with Crippen LogP contribution in [0.2, 0.25) is 0 Å². The van der Waals surface area contributed by atoms with Crippen molar-refractivity contribution in [2.75, 3.05) is 12.3 Å². The highest BCUT2D eigenvalue weighted by molar-refractivity contribution is 9.09. The molecule has 0 aromatic carbocycles. The van der Waals surface area contributed by atoms with Gasteiger partial charge in [0.05, 0.1) is 5.75 Å². The lowest BCUT2D eigenvalue weighted by atomic mass is 9.91. The van der Waals surface area contributed by atoms with Crippen LogP contribution in [-0.2, 0) is 16.4 Å². The average molecular weight is 363 g/mol. The number of aromatic nitrogens is 1. The first-order chi connectivity index (χ1) is 9.18. The molecule has 0 bridgehead atoms. The van der Waals surface area contributed by atoms with Crippen LogP contribution >= 0.6 is 15.9 Å². The van der Waals surface area contributed by atoms with Gasteiger partial charge in [-0.2, -0.15) is 0 Å². The normalized spacial score (nSPS) is 14.2. The summed E-state index contributed by atoms with van der Waals surface area (Å²) in [4.78, 5) is 4.27. The van der Waals surface area contributed by atoms with E-state index >= 15 is 0 Å². The summed E-state index contributed by atoms with van der Waals surface area (Å²) < 4.78 is 26.5. The second-order valence-corrected chi connectivity index (χ2v) is 9.32. The van der Waals surface area contributed by atoms with Crippen molar-refractivity contribution in [2.45, 2.75) is 38.4 Å². The Labute approximate surface area is 130 Å². The molecular formula is C14H23BrN2O2S. The maximum atomic E-state index is 11.9. The van der Waals surface area contributed by atoms with Crippen molar-refractivity contribution in [3.8, 4) is 0 Å². The molecule has 0 aliphatic heterocycles. The molecule has 0 aliphatic carbocycles. The van der Waals surface area contributed by atoms with Crippen molar-refractivity contribution in [1.82, 2.24) is 9.71 Å². The fourth-order valence-electron chi connectivity index (χ4n) is 1.81. The van der Waals surface area contributed by atoms with E-state index in [-0.39, 0.29) is 16.0 Å². The smallest absolute Gasteiger partial charge is 0.212 e. The molecule has 114 valence electrons. The first-order valence-electron chi connectivity index (χ1n) is 6.69. The zero-order chi connectivity index (χ0) is 15.2. The van der Waals surface area contributed by atoms with E-state index in [1.54, 1.807) is 6.20 Å². The third-order valence-corrected chi connectivity index (χ3v) is 4.71. The molecule has 0 aliphatic rings. The highest BCUT2D eigenvalue weighted by Crippen LogP contribution is 2.24. The Kier molecular flexibility index (Phi) is 6.61. The summed E-state index contributed by atoms with van der Waals surface area (Å²) in [7, 11) is -3.25. The van der Waals surface area contributed by atoms with E-state index in [0.29, 0.717) is 13.0 Å². The summed E-state index contributed by atoms with van der Waals surface area (Å²) in [5, 5.41) is 0. The van der Waals surface area contributed by atoms with Gasteiger partial charge in [-0.25, -0.2) is 13.1 Å². The van der Waals surface area contributed by atoms with E-state index in [4.69, 9.17) is 0 Å². The molecule has 0 saturated heterocycles. The van der Waals surface area contributed by atoms with Crippen molar-refractivity contribution in [3.63, 3.8) is 0 Å². The molecule has 1 aromatic rings. The number of rotatable bonds is 7. The van der Waals surface area contributed by atoms with Crippen LogP contribution < -0.4 is 4.72 Å². The SMILES string of the molecule is CC(C)(C)CC(Br)CNS(=O)(=O)CCc1ccccn1. The predicted octanol–water partition coefficient (Wildman–Crippen LogP) is 2.74. The van der Waals surface area contributed by atoms with Crippen LogP contribution in [0.3, 0.4) is 0 Å². The third kappa shape index (κ3) is 7.97. The number of halogens is 1. The molecule has 0 fully saturated rings. The van der Waals surface area contributed by atoms with Crippen LogP contribution in [0, 0.1) is 5.41 Å². The molecule has 0 radical (unpaired) electrons. The van der Waals surface area contributed by atoms with E-state index in [0.717, 1.165) is 12.1 Å². The Morgan fingerprint density at radius 3 is 2.60 bits per heavy atom. The van der Waals surface area contributed by atoms with Crippen LogP contribution in [-0.4, -0.2) is 30.5 Å². The molecule has 1 unspecified atom stereocenters. The first-order valence-corrected chi connectivity index (χ1v) is 9.26. The Morgan fingerprint density at radius 1 is 1.35 bits per heavy atom. The molecule has 1 N–H and O–H groups in total. The molecular weight excluding hydrogens is 340 g/mol. The number of hydrogen-bond acceptors (Lipinski definition) is 3. The van der Waals surface area contributed by atoms with Gasteiger partial charge in [0, 0.05) is 29.7 Å². The quantitative estimate of drug-likeness (QED) is 0.758. The number of alkyl halides is 1. The van der Waals surface area contributed by atoms with Gasteiger partial charge in [-0.05, 0) is 24.0 Å². The van der Waals surface area contributed by atoms with Crippen LogP contribution in [0.25, 0.3) is 0 Å². The Morgan fingerprint density at radius 2 is 2.05 bits per heavy atom. The molecule has 4 nitrogen and oxygen atoms in total. The predicted molar refractivity (Wildman–Crippen MR) is 86.5 cm³/mol. The zero-order valence-corrected chi connectivity index (χ0v) is 14.7. The Balaban J connectivity index is 2.38. The number of hydrogen-bond donors (Lipinski definition) is 1. The average Bonchev–Trinajstić information content (AvgIpc) is 2.34. The summed E-state index contributed by atoms with van der Waals surface area (Å²) >= 11 is 3.52. The highest BCUT2D eigenvalue weighted by atomic mass is 79.9. The zero-order valence-electron chi connectivity index (χ0n) is 12.3. The number of nitrogens with one attached hydrogen (secondary N) is 1. The monoisotopic (exact) mass is 362 g/mol. The summed E-state index contributed by atoms with van der Waals surface area (Å²) in [5.41, 5.74) is 0.969. The minimum Gasteiger partial charge on any atom is -0.261 e. The van der Waals surface area contributed by atoms with Gasteiger partial charge in [-0.3, -0.25) is 4.98 Å². The van der Waals surface area contributed by atoms with Gasteiger partial charge >= 0.3 is 0 Å². The molecule has 1 atom stereocenters. The second-order valence-electron chi connectivity index (χ2n) is 6.10. The largest absolute Gasteiger partial charge is 0.261 e. The summed E-state index contributed by atoms with van der Waals surface area (Å²) in [5.74, 6) is 0.0687. The topological polar surface area (TPSA) is 59.1 Å². The number of aryl methyl sites for hydroxylation is 1. The number of pyridine rings is 1. The fraction of sp³-hybridized carbons (Fsp3) is 0.643. The van der Waals surface area contributed by atoms with E-state index < -0.39 is 10.0 Å². The van der Waals surface area contributed by atoms with Gasteiger partial charge in [0.2, 0.25) is 10.0 Å². The van der Waals surface area contributed by atoms with Crippen molar-refractivity contribution in [1.29, 1.82) is 0 Å². The minimum absolute atomic E-state index is 0.0687. The minimum atomic E-state index is -3.25. The lowest BCUT2D eigenvalue weighted by molar-refractivity contribution is 0.373. The van der Waals surface area contributed by atoms with Crippen molar-refractivity contribution >= 4 is 26.0 Å². The van der Waals surface area contributed by atoms with E-state index in [1.165, 1.54) is 0 Å². The molecule has 1 aromatic heterocycles. The highest BCUT2D eigenvalue weighted by Gasteiger charge is 2.18. The van der Waals surface area contributed by atoms with Gasteiger partial charge in [-0.1, -0.05) is 42.8 Å². The lowest BCUT2D eigenvalue weighted by Gasteiger charge is -2.22. The van der Waals surface area contributed by atoms with E-state index in [2.05, 4.69) is 46.4 Å². The Bertz CT molecular complexity index is 498. The Hall–Kier alpha value is -0.460. The van der Waals surface area contributed by atoms with Crippen LogP contribution in [0.5, 0.6) is 0 Å². The van der Waals surface area contributed by atoms with Crippen molar-refractivity contribution in [2.24, 2.45) is 5.41 Å². The molecule has 1 rings (SSSR count). The van der Waals surface area contributed by atoms with E-state index in [9.17, 15) is 8.42 Å². The summed E-state index contributed by atoms with van der Waals surface area (Å²) in [6, 6.07) is 5.51. The lowest BCUT2D eigenvalue weighted by Crippen LogP contribution is -2.33. The standard InChI is InChI=1S/C14H23BrN2O2S/c1-14(2,3)10-12(15)11-17-20(18,19)9-7-13-6-4-5-8-16-13/h4-6,8,12,17H,7,9-11H2,1-3H3. The summed E-state index contributed by atoms with van der Waals surface area (Å²) in [6.07, 6.45) is 3.02. The number of sulfonamides is 1. The molecule has 0 saturated carbocycles. The van der Waals surface area contributed by atoms with Gasteiger partial charge in [-0.15, -0.1) is 0 Å². The molecule has 1 heterocycles. The molecule has 0 amide bonds. The maximum Gasteiger partial charge on any atom is 0.212 e.